The largest absolute Gasteiger partial charge is 0.345 e. The molecular formula is C15H12ClNOS. The molecule has 1 aromatic carbocycles. The third-order valence-corrected chi connectivity index (χ3v) is 3.46. The van der Waals surface area contributed by atoms with Crippen molar-refractivity contribution in [3.05, 3.63) is 57.2 Å². The Kier molecular flexibility index (Phi) is 5.02. The molecule has 1 N–H and O–H groups in total. The number of nitrogens with one attached hydrogen (secondary N) is 1. The van der Waals surface area contributed by atoms with E-state index in [0.717, 1.165) is 10.4 Å². The van der Waals surface area contributed by atoms with Crippen LogP contribution >= 0.6 is 22.9 Å². The molecule has 0 aliphatic heterocycles. The first-order valence-corrected chi connectivity index (χ1v) is 7.03. The van der Waals surface area contributed by atoms with Crippen LogP contribution in [0.15, 0.2) is 41.8 Å². The second-order valence-electron chi connectivity index (χ2n) is 3.84. The Bertz CT molecular complexity index is 611. The standard InChI is InChI=1S/C15H12ClNOS/c16-13-6-1-4-12(10-13)5-2-8-17-15(18)11-14-7-3-9-19-14/h1,3-4,6-7,9-10H,8,11H2,(H,17,18). The summed E-state index contributed by atoms with van der Waals surface area (Å²) in [6.45, 7) is 0.344. The highest BCUT2D eigenvalue weighted by atomic mass is 35.5. The van der Waals surface area contributed by atoms with Crippen molar-refractivity contribution in [3.8, 4) is 11.8 Å². The van der Waals surface area contributed by atoms with Crippen LogP contribution in [0.4, 0.5) is 0 Å². The van der Waals surface area contributed by atoms with Gasteiger partial charge in [-0.05, 0) is 29.6 Å². The minimum Gasteiger partial charge on any atom is -0.345 e. The van der Waals surface area contributed by atoms with Crippen molar-refractivity contribution in [2.24, 2.45) is 0 Å². The number of benzene rings is 1. The SMILES string of the molecule is O=C(Cc1cccs1)NCC#Cc1cccc(Cl)c1. The van der Waals surface area contributed by atoms with Gasteiger partial charge in [0.1, 0.15) is 0 Å². The number of hydrogen-bond donors (Lipinski definition) is 1. The summed E-state index contributed by atoms with van der Waals surface area (Å²) >= 11 is 7.43. The van der Waals surface area contributed by atoms with Crippen LogP contribution in [0.2, 0.25) is 5.02 Å². The molecule has 0 saturated carbocycles. The zero-order valence-electron chi connectivity index (χ0n) is 10.2. The van der Waals surface area contributed by atoms with Gasteiger partial charge in [0.25, 0.3) is 0 Å². The summed E-state index contributed by atoms with van der Waals surface area (Å²) in [7, 11) is 0. The van der Waals surface area contributed by atoms with Crippen LogP contribution in [-0.2, 0) is 11.2 Å². The summed E-state index contributed by atoms with van der Waals surface area (Å²) in [4.78, 5) is 12.6. The average Bonchev–Trinajstić information content (AvgIpc) is 2.87. The summed E-state index contributed by atoms with van der Waals surface area (Å²) in [6.07, 6.45) is 0.413. The summed E-state index contributed by atoms with van der Waals surface area (Å²) in [5, 5.41) is 5.39. The molecule has 0 aliphatic rings. The van der Waals surface area contributed by atoms with Gasteiger partial charge in [0, 0.05) is 15.5 Å². The first kappa shape index (κ1) is 13.7. The van der Waals surface area contributed by atoms with E-state index in [0.29, 0.717) is 18.0 Å². The fourth-order valence-electron chi connectivity index (χ4n) is 1.49. The maximum absolute atomic E-state index is 11.6. The van der Waals surface area contributed by atoms with Gasteiger partial charge in [-0.1, -0.05) is 35.6 Å². The molecule has 96 valence electrons. The first-order valence-electron chi connectivity index (χ1n) is 5.77. The van der Waals surface area contributed by atoms with Gasteiger partial charge >= 0.3 is 0 Å². The predicted octanol–water partition coefficient (Wildman–Crippen LogP) is 3.11. The fourth-order valence-corrected chi connectivity index (χ4v) is 2.38. The fraction of sp³-hybridized carbons (Fsp3) is 0.133. The Balaban J connectivity index is 1.79. The van der Waals surface area contributed by atoms with Crippen LogP contribution in [0.25, 0.3) is 0 Å². The Morgan fingerprint density at radius 1 is 1.32 bits per heavy atom. The topological polar surface area (TPSA) is 29.1 Å². The predicted molar refractivity (Wildman–Crippen MR) is 79.4 cm³/mol. The number of hydrogen-bond acceptors (Lipinski definition) is 2. The molecule has 0 atom stereocenters. The van der Waals surface area contributed by atoms with Crippen LogP contribution in [0.3, 0.4) is 0 Å². The Hall–Kier alpha value is -1.76. The van der Waals surface area contributed by atoms with Crippen molar-refractivity contribution in [2.45, 2.75) is 6.42 Å². The van der Waals surface area contributed by atoms with E-state index in [1.165, 1.54) is 0 Å². The summed E-state index contributed by atoms with van der Waals surface area (Å²) in [5.74, 6) is 5.84. The van der Waals surface area contributed by atoms with E-state index < -0.39 is 0 Å². The van der Waals surface area contributed by atoms with E-state index in [1.807, 2.05) is 29.6 Å². The second kappa shape index (κ2) is 6.98. The van der Waals surface area contributed by atoms with Crippen LogP contribution in [0.1, 0.15) is 10.4 Å². The van der Waals surface area contributed by atoms with Crippen LogP contribution in [0, 0.1) is 11.8 Å². The van der Waals surface area contributed by atoms with Gasteiger partial charge in [-0.15, -0.1) is 11.3 Å². The minimum atomic E-state index is -0.0113. The van der Waals surface area contributed by atoms with Crippen molar-refractivity contribution >= 4 is 28.8 Å². The molecule has 2 rings (SSSR count). The molecule has 1 amide bonds. The van der Waals surface area contributed by atoms with Gasteiger partial charge < -0.3 is 5.32 Å². The number of thiophene rings is 1. The molecule has 0 saturated heterocycles. The van der Waals surface area contributed by atoms with Crippen molar-refractivity contribution in [1.82, 2.24) is 5.32 Å². The zero-order valence-corrected chi connectivity index (χ0v) is 11.7. The number of amides is 1. The lowest BCUT2D eigenvalue weighted by Gasteiger charge is -1.98. The molecule has 4 heteroatoms. The lowest BCUT2D eigenvalue weighted by molar-refractivity contribution is -0.120. The van der Waals surface area contributed by atoms with Gasteiger partial charge in [-0.3, -0.25) is 4.79 Å². The molecule has 0 bridgehead atoms. The molecular weight excluding hydrogens is 278 g/mol. The molecule has 1 aromatic heterocycles. The molecule has 2 aromatic rings. The van der Waals surface area contributed by atoms with Crippen molar-refractivity contribution in [1.29, 1.82) is 0 Å². The first-order chi connectivity index (χ1) is 9.24. The zero-order chi connectivity index (χ0) is 13.5. The molecule has 0 unspecified atom stereocenters. The van der Waals surface area contributed by atoms with Crippen molar-refractivity contribution < 1.29 is 4.79 Å². The highest BCUT2D eigenvalue weighted by molar-refractivity contribution is 7.10. The lowest BCUT2D eigenvalue weighted by atomic mass is 10.2. The number of halogens is 1. The normalized spacial score (nSPS) is 9.53. The highest BCUT2D eigenvalue weighted by Crippen LogP contribution is 2.09. The average molecular weight is 290 g/mol. The van der Waals surface area contributed by atoms with E-state index >= 15 is 0 Å². The number of carbonyl (C=O) groups is 1. The van der Waals surface area contributed by atoms with Crippen LogP contribution < -0.4 is 5.32 Å². The van der Waals surface area contributed by atoms with E-state index in [2.05, 4.69) is 17.2 Å². The van der Waals surface area contributed by atoms with E-state index in [-0.39, 0.29) is 5.91 Å². The molecule has 2 nitrogen and oxygen atoms in total. The van der Waals surface area contributed by atoms with E-state index in [9.17, 15) is 4.79 Å². The summed E-state index contributed by atoms with van der Waals surface area (Å²) in [6, 6.07) is 11.2. The second-order valence-corrected chi connectivity index (χ2v) is 5.31. The van der Waals surface area contributed by atoms with Gasteiger partial charge in [-0.25, -0.2) is 0 Å². The van der Waals surface area contributed by atoms with Gasteiger partial charge in [0.15, 0.2) is 0 Å². The Labute approximate surface area is 121 Å². The highest BCUT2D eigenvalue weighted by Gasteiger charge is 2.01. The quantitative estimate of drug-likeness (QED) is 0.864. The van der Waals surface area contributed by atoms with Gasteiger partial charge in [-0.2, -0.15) is 0 Å². The number of carbonyl (C=O) groups excluding carboxylic acids is 1. The lowest BCUT2D eigenvalue weighted by Crippen LogP contribution is -2.24. The maximum Gasteiger partial charge on any atom is 0.226 e. The van der Waals surface area contributed by atoms with E-state index in [1.54, 1.807) is 23.5 Å². The molecule has 0 spiro atoms. The molecule has 0 aliphatic carbocycles. The monoisotopic (exact) mass is 289 g/mol. The van der Waals surface area contributed by atoms with Gasteiger partial charge in [0.2, 0.25) is 5.91 Å². The number of rotatable bonds is 3. The minimum absolute atomic E-state index is 0.0113. The molecule has 0 fully saturated rings. The molecule has 1 heterocycles. The third-order valence-electron chi connectivity index (χ3n) is 2.35. The van der Waals surface area contributed by atoms with Crippen LogP contribution in [0.5, 0.6) is 0 Å². The van der Waals surface area contributed by atoms with E-state index in [4.69, 9.17) is 11.6 Å². The molecule has 0 radical (unpaired) electrons. The summed E-state index contributed by atoms with van der Waals surface area (Å²) < 4.78 is 0. The smallest absolute Gasteiger partial charge is 0.226 e. The Morgan fingerprint density at radius 3 is 2.95 bits per heavy atom. The maximum atomic E-state index is 11.6. The molecule has 19 heavy (non-hydrogen) atoms. The van der Waals surface area contributed by atoms with Crippen LogP contribution in [-0.4, -0.2) is 12.5 Å². The Morgan fingerprint density at radius 2 is 2.21 bits per heavy atom. The third kappa shape index (κ3) is 4.78. The van der Waals surface area contributed by atoms with Crippen molar-refractivity contribution in [2.75, 3.05) is 6.54 Å². The summed E-state index contributed by atoms with van der Waals surface area (Å²) in [5.41, 5.74) is 0.847. The van der Waals surface area contributed by atoms with Crippen molar-refractivity contribution in [3.63, 3.8) is 0 Å². The van der Waals surface area contributed by atoms with Gasteiger partial charge in [0.05, 0.1) is 13.0 Å².